The molecule has 2 aromatic rings. The fourth-order valence-electron chi connectivity index (χ4n) is 2.37. The van der Waals surface area contributed by atoms with Crippen LogP contribution in [-0.2, 0) is 0 Å². The van der Waals surface area contributed by atoms with E-state index in [9.17, 15) is 5.11 Å². The molecular weight excluding hydrogens is 248 g/mol. The van der Waals surface area contributed by atoms with E-state index in [2.05, 4.69) is 25.1 Å². The van der Waals surface area contributed by atoms with Crippen molar-refractivity contribution in [3.05, 3.63) is 46.5 Å². The number of hydrogen-bond donors (Lipinski definition) is 1. The molecule has 3 heteroatoms. The Bertz CT molecular complexity index is 635. The topological polar surface area (TPSA) is 29.5 Å². The van der Waals surface area contributed by atoms with Gasteiger partial charge in [0.05, 0.1) is 5.02 Å². The third-order valence-electron chi connectivity index (χ3n) is 3.29. The van der Waals surface area contributed by atoms with Gasteiger partial charge in [0.1, 0.15) is 17.6 Å². The second-order valence-corrected chi connectivity index (χ2v) is 5.06. The molecule has 0 aromatic heterocycles. The summed E-state index contributed by atoms with van der Waals surface area (Å²) >= 11 is 5.97. The van der Waals surface area contributed by atoms with Gasteiger partial charge >= 0.3 is 0 Å². The zero-order valence-electron chi connectivity index (χ0n) is 10.2. The maximum Gasteiger partial charge on any atom is 0.137 e. The molecule has 0 spiro atoms. The maximum absolute atomic E-state index is 9.64. The second kappa shape index (κ2) is 3.92. The molecule has 2 aromatic carbocycles. The van der Waals surface area contributed by atoms with Gasteiger partial charge in [0.2, 0.25) is 0 Å². The third-order valence-corrected chi connectivity index (χ3v) is 3.59. The van der Waals surface area contributed by atoms with E-state index in [-0.39, 0.29) is 11.9 Å². The summed E-state index contributed by atoms with van der Waals surface area (Å²) in [5.74, 6) is 0.735. The van der Waals surface area contributed by atoms with E-state index >= 15 is 0 Å². The van der Waals surface area contributed by atoms with Crippen LogP contribution in [0.2, 0.25) is 5.02 Å². The van der Waals surface area contributed by atoms with Gasteiger partial charge in [-0.15, -0.1) is 0 Å². The predicted molar refractivity (Wildman–Crippen MR) is 72.3 cm³/mol. The van der Waals surface area contributed by atoms with E-state index in [4.69, 9.17) is 16.3 Å². The number of aromatic hydroxyl groups is 1. The third kappa shape index (κ3) is 1.65. The van der Waals surface area contributed by atoms with Crippen LogP contribution in [0.25, 0.3) is 11.1 Å². The summed E-state index contributed by atoms with van der Waals surface area (Å²) in [7, 11) is 0. The summed E-state index contributed by atoms with van der Waals surface area (Å²) in [5, 5.41) is 9.99. The van der Waals surface area contributed by atoms with Gasteiger partial charge in [0.15, 0.2) is 0 Å². The quantitative estimate of drug-likeness (QED) is 0.757. The van der Waals surface area contributed by atoms with Crippen molar-refractivity contribution in [1.82, 2.24) is 0 Å². The number of rotatable bonds is 0. The fraction of sp³-hybridized carbons (Fsp3) is 0.200. The summed E-state index contributed by atoms with van der Waals surface area (Å²) in [6, 6.07) is 9.62. The maximum atomic E-state index is 9.64. The Morgan fingerprint density at radius 2 is 1.94 bits per heavy atom. The van der Waals surface area contributed by atoms with Crippen LogP contribution in [0.1, 0.15) is 24.2 Å². The van der Waals surface area contributed by atoms with Gasteiger partial charge in [-0.25, -0.2) is 0 Å². The molecule has 0 bridgehead atoms. The number of aryl methyl sites for hydroxylation is 1. The highest BCUT2D eigenvalue weighted by atomic mass is 35.5. The van der Waals surface area contributed by atoms with E-state index < -0.39 is 0 Å². The van der Waals surface area contributed by atoms with E-state index in [1.54, 1.807) is 12.1 Å². The first kappa shape index (κ1) is 11.4. The number of ether oxygens (including phenoxy) is 1. The van der Waals surface area contributed by atoms with Crippen LogP contribution in [0, 0.1) is 6.92 Å². The Kier molecular flexibility index (Phi) is 2.49. The van der Waals surface area contributed by atoms with Crippen molar-refractivity contribution >= 4 is 11.6 Å². The highest BCUT2D eigenvalue weighted by molar-refractivity contribution is 6.32. The smallest absolute Gasteiger partial charge is 0.137 e. The lowest BCUT2D eigenvalue weighted by Gasteiger charge is -2.27. The standard InChI is InChI=1S/C15H13ClO2/c1-8-3-4-10-11(5-8)9(2)18-15-7-14(17)13(16)6-12(10)15/h3-7,9,17H,1-2H3. The molecular formula is C15H13ClO2. The van der Waals surface area contributed by atoms with Crippen molar-refractivity contribution in [1.29, 1.82) is 0 Å². The average molecular weight is 261 g/mol. The van der Waals surface area contributed by atoms with Gasteiger partial charge in [-0.1, -0.05) is 35.4 Å². The van der Waals surface area contributed by atoms with Crippen LogP contribution in [-0.4, -0.2) is 5.11 Å². The van der Waals surface area contributed by atoms with Gasteiger partial charge < -0.3 is 9.84 Å². The molecule has 1 heterocycles. The lowest BCUT2D eigenvalue weighted by Crippen LogP contribution is -2.11. The average Bonchev–Trinajstić information content (AvgIpc) is 2.32. The minimum absolute atomic E-state index is 0.0204. The predicted octanol–water partition coefficient (Wildman–Crippen LogP) is 4.47. The van der Waals surface area contributed by atoms with Crippen LogP contribution < -0.4 is 4.74 Å². The van der Waals surface area contributed by atoms with Crippen LogP contribution in [0.4, 0.5) is 0 Å². The highest BCUT2D eigenvalue weighted by Crippen LogP contribution is 2.46. The summed E-state index contributed by atoms with van der Waals surface area (Å²) in [6.45, 7) is 4.07. The van der Waals surface area contributed by atoms with Gasteiger partial charge in [0, 0.05) is 17.2 Å². The Hall–Kier alpha value is -1.67. The lowest BCUT2D eigenvalue weighted by atomic mass is 9.92. The number of hydrogen-bond acceptors (Lipinski definition) is 2. The van der Waals surface area contributed by atoms with Crippen LogP contribution >= 0.6 is 11.6 Å². The van der Waals surface area contributed by atoms with E-state index in [1.165, 1.54) is 5.56 Å². The van der Waals surface area contributed by atoms with Gasteiger partial charge in [-0.2, -0.15) is 0 Å². The molecule has 1 aliphatic rings. The summed E-state index contributed by atoms with van der Waals surface area (Å²) in [5.41, 5.74) is 4.42. The van der Waals surface area contributed by atoms with Gasteiger partial charge in [0.25, 0.3) is 0 Å². The Morgan fingerprint density at radius 1 is 1.17 bits per heavy atom. The molecule has 1 atom stereocenters. The summed E-state index contributed by atoms with van der Waals surface area (Å²) in [6.07, 6.45) is -0.0204. The van der Waals surface area contributed by atoms with Crippen molar-refractivity contribution in [2.45, 2.75) is 20.0 Å². The molecule has 0 saturated carbocycles. The Morgan fingerprint density at radius 3 is 2.72 bits per heavy atom. The molecule has 1 unspecified atom stereocenters. The lowest BCUT2D eigenvalue weighted by molar-refractivity contribution is 0.222. The van der Waals surface area contributed by atoms with E-state index in [1.807, 2.05) is 6.92 Å². The zero-order valence-corrected chi connectivity index (χ0v) is 11.0. The number of fused-ring (bicyclic) bond motifs is 3. The first-order chi connectivity index (χ1) is 8.56. The fourth-order valence-corrected chi connectivity index (χ4v) is 2.53. The van der Waals surface area contributed by atoms with Crippen molar-refractivity contribution in [3.63, 3.8) is 0 Å². The molecule has 0 aliphatic carbocycles. The van der Waals surface area contributed by atoms with Crippen molar-refractivity contribution in [2.24, 2.45) is 0 Å². The van der Waals surface area contributed by atoms with Crippen molar-refractivity contribution in [3.8, 4) is 22.6 Å². The normalized spacial score (nSPS) is 16.7. The molecule has 0 radical (unpaired) electrons. The Labute approximate surface area is 111 Å². The van der Waals surface area contributed by atoms with E-state index in [0.717, 1.165) is 16.7 Å². The van der Waals surface area contributed by atoms with Crippen molar-refractivity contribution < 1.29 is 9.84 Å². The number of phenolic OH excluding ortho intramolecular Hbond substituents is 1. The molecule has 2 nitrogen and oxygen atoms in total. The first-order valence-electron chi connectivity index (χ1n) is 5.86. The van der Waals surface area contributed by atoms with Crippen LogP contribution in [0.15, 0.2) is 30.3 Å². The largest absolute Gasteiger partial charge is 0.506 e. The Balaban J connectivity index is 2.28. The molecule has 0 fully saturated rings. The molecule has 18 heavy (non-hydrogen) atoms. The second-order valence-electron chi connectivity index (χ2n) is 4.65. The number of halogens is 1. The molecule has 0 saturated heterocycles. The summed E-state index contributed by atoms with van der Waals surface area (Å²) in [4.78, 5) is 0. The van der Waals surface area contributed by atoms with E-state index in [0.29, 0.717) is 10.8 Å². The molecule has 1 N–H and O–H groups in total. The molecule has 1 aliphatic heterocycles. The molecule has 3 rings (SSSR count). The molecule has 92 valence electrons. The SMILES string of the molecule is Cc1ccc2c(c1)C(C)Oc1cc(O)c(Cl)cc1-2. The monoisotopic (exact) mass is 260 g/mol. The van der Waals surface area contributed by atoms with Crippen molar-refractivity contribution in [2.75, 3.05) is 0 Å². The van der Waals surface area contributed by atoms with Gasteiger partial charge in [-0.05, 0) is 25.5 Å². The first-order valence-corrected chi connectivity index (χ1v) is 6.24. The summed E-state index contributed by atoms with van der Waals surface area (Å²) < 4.78 is 5.83. The minimum atomic E-state index is -0.0204. The zero-order chi connectivity index (χ0) is 12.9. The van der Waals surface area contributed by atoms with Crippen LogP contribution in [0.5, 0.6) is 11.5 Å². The number of phenols is 1. The minimum Gasteiger partial charge on any atom is -0.506 e. The molecule has 0 amide bonds. The van der Waals surface area contributed by atoms with Gasteiger partial charge in [-0.3, -0.25) is 0 Å². The number of benzene rings is 2. The highest BCUT2D eigenvalue weighted by Gasteiger charge is 2.24. The van der Waals surface area contributed by atoms with Crippen LogP contribution in [0.3, 0.4) is 0 Å².